The van der Waals surface area contributed by atoms with Crippen molar-refractivity contribution in [3.63, 3.8) is 0 Å². The second-order valence-corrected chi connectivity index (χ2v) is 5.26. The van der Waals surface area contributed by atoms with Gasteiger partial charge in [-0.3, -0.25) is 0 Å². The second-order valence-electron chi connectivity index (χ2n) is 3.24. The van der Waals surface area contributed by atoms with Gasteiger partial charge in [0, 0.05) is 6.26 Å². The number of hydrogen-bond donors (Lipinski definition) is 0. The SMILES string of the molecule is COC(=O)c1ccc(S(C)(=O)=O)cc1C. The number of carbonyl (C=O) groups is 1. The van der Waals surface area contributed by atoms with E-state index < -0.39 is 15.8 Å². The summed E-state index contributed by atoms with van der Waals surface area (Å²) in [6.07, 6.45) is 1.12. The molecule has 0 aliphatic heterocycles. The van der Waals surface area contributed by atoms with Gasteiger partial charge in [-0.1, -0.05) is 0 Å². The molecule has 0 fully saturated rings. The van der Waals surface area contributed by atoms with Crippen LogP contribution in [0.3, 0.4) is 0 Å². The van der Waals surface area contributed by atoms with Crippen molar-refractivity contribution >= 4 is 15.8 Å². The van der Waals surface area contributed by atoms with Crippen LogP contribution in [-0.4, -0.2) is 27.8 Å². The Bertz CT molecular complexity index is 488. The first-order valence-corrected chi connectivity index (χ1v) is 6.14. The second kappa shape index (κ2) is 4.02. The van der Waals surface area contributed by atoms with Crippen molar-refractivity contribution < 1.29 is 17.9 Å². The molecule has 1 aromatic carbocycles. The zero-order valence-corrected chi connectivity index (χ0v) is 9.59. The smallest absolute Gasteiger partial charge is 0.338 e. The van der Waals surface area contributed by atoms with Gasteiger partial charge in [0.05, 0.1) is 17.6 Å². The Morgan fingerprint density at radius 2 is 1.93 bits per heavy atom. The van der Waals surface area contributed by atoms with Gasteiger partial charge in [0.25, 0.3) is 0 Å². The van der Waals surface area contributed by atoms with Crippen LogP contribution in [0.4, 0.5) is 0 Å². The van der Waals surface area contributed by atoms with E-state index in [9.17, 15) is 13.2 Å². The molecule has 0 unspecified atom stereocenters. The fraction of sp³-hybridized carbons (Fsp3) is 0.300. The van der Waals surface area contributed by atoms with Gasteiger partial charge in [-0.25, -0.2) is 13.2 Å². The lowest BCUT2D eigenvalue weighted by molar-refractivity contribution is 0.0600. The lowest BCUT2D eigenvalue weighted by Crippen LogP contribution is -2.05. The quantitative estimate of drug-likeness (QED) is 0.713. The average Bonchev–Trinajstić information content (AvgIpc) is 2.15. The van der Waals surface area contributed by atoms with Gasteiger partial charge >= 0.3 is 5.97 Å². The summed E-state index contributed by atoms with van der Waals surface area (Å²) in [5.74, 6) is -0.465. The summed E-state index contributed by atoms with van der Waals surface area (Å²) < 4.78 is 27.0. The number of rotatable bonds is 2. The minimum absolute atomic E-state index is 0.202. The molecular formula is C10H12O4S. The third kappa shape index (κ3) is 2.56. The van der Waals surface area contributed by atoms with Crippen molar-refractivity contribution in [1.82, 2.24) is 0 Å². The van der Waals surface area contributed by atoms with Crippen molar-refractivity contribution in [2.75, 3.05) is 13.4 Å². The molecule has 0 aliphatic carbocycles. The Kier molecular flexibility index (Phi) is 3.14. The summed E-state index contributed by atoms with van der Waals surface area (Å²) in [4.78, 5) is 11.4. The number of methoxy groups -OCH3 is 1. The Labute approximate surface area is 88.8 Å². The molecule has 0 saturated carbocycles. The Hall–Kier alpha value is -1.36. The zero-order chi connectivity index (χ0) is 11.6. The normalized spacial score (nSPS) is 11.1. The number of aryl methyl sites for hydroxylation is 1. The lowest BCUT2D eigenvalue weighted by atomic mass is 10.1. The monoisotopic (exact) mass is 228 g/mol. The standard InChI is InChI=1S/C10H12O4S/c1-7-6-8(15(3,12)13)4-5-9(7)10(11)14-2/h4-6H,1-3H3. The molecule has 0 bridgehead atoms. The molecule has 82 valence electrons. The highest BCUT2D eigenvalue weighted by Gasteiger charge is 2.13. The molecule has 0 radical (unpaired) electrons. The molecule has 0 N–H and O–H groups in total. The van der Waals surface area contributed by atoms with Crippen LogP contribution < -0.4 is 0 Å². The number of ether oxygens (including phenoxy) is 1. The molecular weight excluding hydrogens is 216 g/mol. The van der Waals surface area contributed by atoms with E-state index in [1.54, 1.807) is 6.92 Å². The first kappa shape index (κ1) is 11.7. The van der Waals surface area contributed by atoms with E-state index in [-0.39, 0.29) is 4.90 Å². The van der Waals surface area contributed by atoms with Crippen molar-refractivity contribution in [3.8, 4) is 0 Å². The highest BCUT2D eigenvalue weighted by molar-refractivity contribution is 7.90. The Morgan fingerprint density at radius 1 is 1.33 bits per heavy atom. The van der Waals surface area contributed by atoms with E-state index in [0.29, 0.717) is 11.1 Å². The van der Waals surface area contributed by atoms with Gasteiger partial charge in [-0.05, 0) is 30.7 Å². The fourth-order valence-corrected chi connectivity index (χ4v) is 1.91. The summed E-state index contributed by atoms with van der Waals surface area (Å²) in [6.45, 7) is 1.67. The van der Waals surface area contributed by atoms with Crippen LogP contribution in [0.2, 0.25) is 0 Å². The van der Waals surface area contributed by atoms with Gasteiger partial charge in [0.15, 0.2) is 9.84 Å². The zero-order valence-electron chi connectivity index (χ0n) is 8.77. The van der Waals surface area contributed by atoms with Gasteiger partial charge in [0.2, 0.25) is 0 Å². The van der Waals surface area contributed by atoms with Gasteiger partial charge < -0.3 is 4.74 Å². The van der Waals surface area contributed by atoms with Gasteiger partial charge in [-0.2, -0.15) is 0 Å². The van der Waals surface area contributed by atoms with Crippen LogP contribution in [0, 0.1) is 6.92 Å². The fourth-order valence-electron chi connectivity index (χ4n) is 1.21. The van der Waals surface area contributed by atoms with E-state index >= 15 is 0 Å². The first-order valence-electron chi connectivity index (χ1n) is 4.25. The van der Waals surface area contributed by atoms with Crippen LogP contribution >= 0.6 is 0 Å². The van der Waals surface area contributed by atoms with Crippen molar-refractivity contribution in [2.24, 2.45) is 0 Å². The van der Waals surface area contributed by atoms with E-state index in [1.807, 2.05) is 0 Å². The van der Waals surface area contributed by atoms with E-state index in [1.165, 1.54) is 25.3 Å². The minimum atomic E-state index is -3.23. The molecule has 1 rings (SSSR count). The summed E-state index contributed by atoms with van der Waals surface area (Å²) in [6, 6.07) is 4.31. The molecule has 0 spiro atoms. The maximum atomic E-state index is 11.2. The number of carbonyl (C=O) groups excluding carboxylic acids is 1. The van der Waals surface area contributed by atoms with Gasteiger partial charge in [0.1, 0.15) is 0 Å². The number of benzene rings is 1. The van der Waals surface area contributed by atoms with E-state index in [2.05, 4.69) is 4.74 Å². The maximum Gasteiger partial charge on any atom is 0.338 e. The molecule has 0 heterocycles. The molecule has 1 aromatic rings. The van der Waals surface area contributed by atoms with Crippen LogP contribution in [-0.2, 0) is 14.6 Å². The summed E-state index contributed by atoms with van der Waals surface area (Å²) in [5, 5.41) is 0. The Morgan fingerprint density at radius 3 is 2.33 bits per heavy atom. The number of sulfone groups is 1. The number of esters is 1. The highest BCUT2D eigenvalue weighted by atomic mass is 32.2. The Balaban J connectivity index is 3.27. The van der Waals surface area contributed by atoms with Crippen LogP contribution in [0.1, 0.15) is 15.9 Å². The molecule has 4 nitrogen and oxygen atoms in total. The van der Waals surface area contributed by atoms with E-state index in [0.717, 1.165) is 6.26 Å². The maximum absolute atomic E-state index is 11.2. The van der Waals surface area contributed by atoms with E-state index in [4.69, 9.17) is 0 Å². The average molecular weight is 228 g/mol. The molecule has 0 amide bonds. The highest BCUT2D eigenvalue weighted by Crippen LogP contribution is 2.15. The first-order chi connectivity index (χ1) is 6.86. The molecule has 15 heavy (non-hydrogen) atoms. The summed E-state index contributed by atoms with van der Waals surface area (Å²) in [5.41, 5.74) is 0.967. The molecule has 0 saturated heterocycles. The largest absolute Gasteiger partial charge is 0.465 e. The third-order valence-electron chi connectivity index (χ3n) is 2.03. The van der Waals surface area contributed by atoms with Gasteiger partial charge in [-0.15, -0.1) is 0 Å². The topological polar surface area (TPSA) is 60.4 Å². The number of hydrogen-bond acceptors (Lipinski definition) is 4. The predicted octanol–water partition coefficient (Wildman–Crippen LogP) is 1.19. The minimum Gasteiger partial charge on any atom is -0.465 e. The molecule has 0 aromatic heterocycles. The molecule has 5 heteroatoms. The molecule has 0 aliphatic rings. The van der Waals surface area contributed by atoms with Crippen molar-refractivity contribution in [1.29, 1.82) is 0 Å². The van der Waals surface area contributed by atoms with Crippen LogP contribution in [0.5, 0.6) is 0 Å². The molecule has 0 atom stereocenters. The predicted molar refractivity (Wildman–Crippen MR) is 55.6 cm³/mol. The van der Waals surface area contributed by atoms with Crippen LogP contribution in [0.15, 0.2) is 23.1 Å². The van der Waals surface area contributed by atoms with Crippen LogP contribution in [0.25, 0.3) is 0 Å². The summed E-state index contributed by atoms with van der Waals surface area (Å²) >= 11 is 0. The summed E-state index contributed by atoms with van der Waals surface area (Å²) in [7, 11) is -1.94. The van der Waals surface area contributed by atoms with Crippen molar-refractivity contribution in [3.05, 3.63) is 29.3 Å². The third-order valence-corrected chi connectivity index (χ3v) is 3.14. The van der Waals surface area contributed by atoms with Crippen molar-refractivity contribution in [2.45, 2.75) is 11.8 Å². The lowest BCUT2D eigenvalue weighted by Gasteiger charge is -2.05.